The van der Waals surface area contributed by atoms with E-state index >= 15 is 0 Å². The van der Waals surface area contributed by atoms with E-state index in [0.717, 1.165) is 34.5 Å². The zero-order valence-corrected chi connectivity index (χ0v) is 16.2. The Hall–Kier alpha value is -3.28. The van der Waals surface area contributed by atoms with E-state index in [4.69, 9.17) is 9.47 Å². The van der Waals surface area contributed by atoms with Crippen LogP contribution in [-0.2, 0) is 4.79 Å². The molecule has 2 aliphatic heterocycles. The number of ether oxygens (including phenoxy) is 2. The predicted molar refractivity (Wildman–Crippen MR) is 106 cm³/mol. The third-order valence-corrected chi connectivity index (χ3v) is 5.84. The van der Waals surface area contributed by atoms with Crippen molar-refractivity contribution in [1.29, 1.82) is 0 Å². The fourth-order valence-electron chi connectivity index (χ4n) is 4.57. The summed E-state index contributed by atoms with van der Waals surface area (Å²) in [6.45, 7) is 4.37. The van der Waals surface area contributed by atoms with E-state index in [-0.39, 0.29) is 29.5 Å². The second-order valence-electron chi connectivity index (χ2n) is 8.61. The highest BCUT2D eigenvalue weighted by atomic mass is 16.7. The van der Waals surface area contributed by atoms with Crippen LogP contribution in [0, 0.1) is 5.41 Å². The lowest BCUT2D eigenvalue weighted by molar-refractivity contribution is -0.118. The van der Waals surface area contributed by atoms with E-state index < -0.39 is 5.97 Å². The summed E-state index contributed by atoms with van der Waals surface area (Å²) in [6, 6.07) is 10.6. The number of fused-ring (bicyclic) bond motifs is 2. The molecule has 0 saturated carbocycles. The Bertz CT molecular complexity index is 1080. The summed E-state index contributed by atoms with van der Waals surface area (Å²) in [5.41, 5.74) is 4.52. The Kier molecular flexibility index (Phi) is 3.75. The van der Waals surface area contributed by atoms with Crippen molar-refractivity contribution < 1.29 is 24.2 Å². The molecule has 0 fully saturated rings. The van der Waals surface area contributed by atoms with Crippen LogP contribution in [0.15, 0.2) is 47.7 Å². The summed E-state index contributed by atoms with van der Waals surface area (Å²) in [6.07, 6.45) is 1.25. The van der Waals surface area contributed by atoms with Crippen molar-refractivity contribution in [3.8, 4) is 11.5 Å². The number of hydrogen-bond donors (Lipinski definition) is 2. The van der Waals surface area contributed by atoms with Gasteiger partial charge in [-0.25, -0.2) is 4.79 Å². The lowest BCUT2D eigenvalue weighted by Crippen LogP contribution is -2.33. The van der Waals surface area contributed by atoms with Gasteiger partial charge in [-0.15, -0.1) is 0 Å². The molecule has 2 N–H and O–H groups in total. The van der Waals surface area contributed by atoms with Crippen molar-refractivity contribution in [2.45, 2.75) is 32.6 Å². The minimum Gasteiger partial charge on any atom is -0.478 e. The molecule has 0 aromatic heterocycles. The van der Waals surface area contributed by atoms with Gasteiger partial charge in [0.2, 0.25) is 6.79 Å². The zero-order chi connectivity index (χ0) is 20.3. The third-order valence-electron chi connectivity index (χ3n) is 5.84. The van der Waals surface area contributed by atoms with Crippen molar-refractivity contribution in [3.63, 3.8) is 0 Å². The number of anilines is 1. The highest BCUT2D eigenvalue weighted by Crippen LogP contribution is 2.51. The van der Waals surface area contributed by atoms with E-state index in [1.165, 1.54) is 0 Å². The number of rotatable bonds is 2. The molecule has 1 unspecified atom stereocenters. The van der Waals surface area contributed by atoms with Gasteiger partial charge in [0, 0.05) is 35.4 Å². The summed E-state index contributed by atoms with van der Waals surface area (Å²) in [5, 5.41) is 12.7. The van der Waals surface area contributed by atoms with Crippen LogP contribution in [0.2, 0.25) is 0 Å². The van der Waals surface area contributed by atoms with Crippen molar-refractivity contribution >= 4 is 17.4 Å². The molecule has 6 heteroatoms. The van der Waals surface area contributed by atoms with Crippen molar-refractivity contribution in [3.05, 3.63) is 64.4 Å². The molecule has 0 saturated heterocycles. The van der Waals surface area contributed by atoms with Crippen LogP contribution in [0.5, 0.6) is 11.5 Å². The molecule has 0 amide bonds. The molecule has 29 heavy (non-hydrogen) atoms. The summed E-state index contributed by atoms with van der Waals surface area (Å²) in [4.78, 5) is 24.5. The van der Waals surface area contributed by atoms with Crippen molar-refractivity contribution in [2.24, 2.45) is 5.41 Å². The Labute approximate surface area is 168 Å². The fourth-order valence-corrected chi connectivity index (χ4v) is 4.57. The van der Waals surface area contributed by atoms with E-state index in [2.05, 4.69) is 19.2 Å². The molecule has 1 atom stereocenters. The van der Waals surface area contributed by atoms with Crippen LogP contribution < -0.4 is 14.8 Å². The van der Waals surface area contributed by atoms with E-state index in [9.17, 15) is 14.7 Å². The molecule has 3 aliphatic rings. The molecule has 2 aromatic rings. The number of carbonyl (C=O) groups excluding carboxylic acids is 1. The van der Waals surface area contributed by atoms with Crippen LogP contribution in [0.3, 0.4) is 0 Å². The molecule has 6 nitrogen and oxygen atoms in total. The SMILES string of the molecule is CC1(C)CC(=O)C2=C(C1)Nc1cc3c(cc1C2c1ccc(C(=O)O)cc1)OCO3. The molecule has 1 aliphatic carbocycles. The molecule has 5 rings (SSSR count). The lowest BCUT2D eigenvalue weighted by Gasteiger charge is -2.39. The second-order valence-corrected chi connectivity index (χ2v) is 8.61. The first-order valence-corrected chi connectivity index (χ1v) is 9.62. The third kappa shape index (κ3) is 2.87. The van der Waals surface area contributed by atoms with Gasteiger partial charge in [-0.05, 0) is 41.2 Å². The molecule has 2 heterocycles. The topological polar surface area (TPSA) is 84.9 Å². The average Bonchev–Trinajstić information content (AvgIpc) is 3.11. The van der Waals surface area contributed by atoms with Crippen LogP contribution in [0.25, 0.3) is 0 Å². The summed E-state index contributed by atoms with van der Waals surface area (Å²) in [5.74, 6) is 0.217. The number of aromatic carboxylic acids is 1. The van der Waals surface area contributed by atoms with E-state index in [0.29, 0.717) is 17.9 Å². The number of hydrogen-bond acceptors (Lipinski definition) is 5. The number of benzene rings is 2. The molecular weight excluding hydrogens is 370 g/mol. The lowest BCUT2D eigenvalue weighted by atomic mass is 9.68. The van der Waals surface area contributed by atoms with E-state index in [1.54, 1.807) is 24.3 Å². The summed E-state index contributed by atoms with van der Waals surface area (Å²) >= 11 is 0. The van der Waals surface area contributed by atoms with Gasteiger partial charge in [0.1, 0.15) is 0 Å². The molecule has 2 aromatic carbocycles. The highest BCUT2D eigenvalue weighted by Gasteiger charge is 2.41. The Morgan fingerprint density at radius 3 is 2.48 bits per heavy atom. The first-order chi connectivity index (χ1) is 13.8. The Morgan fingerprint density at radius 2 is 1.79 bits per heavy atom. The minimum atomic E-state index is -0.971. The van der Waals surface area contributed by atoms with Crippen LogP contribution in [-0.4, -0.2) is 23.7 Å². The highest BCUT2D eigenvalue weighted by molar-refractivity contribution is 6.02. The number of nitrogens with one attached hydrogen (secondary N) is 1. The van der Waals surface area contributed by atoms with Gasteiger partial charge < -0.3 is 19.9 Å². The molecule has 148 valence electrons. The summed E-state index contributed by atoms with van der Waals surface area (Å²) < 4.78 is 11.1. The number of Topliss-reactive ketones (excluding diaryl/α,β-unsaturated/α-hetero) is 1. The van der Waals surface area contributed by atoms with Gasteiger partial charge in [-0.1, -0.05) is 26.0 Å². The molecule has 0 radical (unpaired) electrons. The number of carboxylic acids is 1. The van der Waals surface area contributed by atoms with Crippen molar-refractivity contribution in [2.75, 3.05) is 12.1 Å². The number of ketones is 1. The maximum Gasteiger partial charge on any atom is 0.335 e. The number of carbonyl (C=O) groups is 2. The quantitative estimate of drug-likeness (QED) is 0.793. The van der Waals surface area contributed by atoms with Crippen LogP contribution in [0.4, 0.5) is 5.69 Å². The Morgan fingerprint density at radius 1 is 1.10 bits per heavy atom. The number of allylic oxidation sites excluding steroid dienone is 2. The van der Waals surface area contributed by atoms with Gasteiger partial charge in [0.15, 0.2) is 17.3 Å². The van der Waals surface area contributed by atoms with Gasteiger partial charge >= 0.3 is 5.97 Å². The molecule has 0 bridgehead atoms. The monoisotopic (exact) mass is 391 g/mol. The molecular formula is C23H21NO5. The first kappa shape index (κ1) is 17.8. The van der Waals surface area contributed by atoms with Gasteiger partial charge in [-0.2, -0.15) is 0 Å². The smallest absolute Gasteiger partial charge is 0.335 e. The summed E-state index contributed by atoms with van der Waals surface area (Å²) in [7, 11) is 0. The maximum atomic E-state index is 13.2. The van der Waals surface area contributed by atoms with Gasteiger partial charge in [-0.3, -0.25) is 4.79 Å². The van der Waals surface area contributed by atoms with Gasteiger partial charge in [0.05, 0.1) is 5.56 Å². The number of carboxylic acid groups (broad SMARTS) is 1. The van der Waals surface area contributed by atoms with Crippen LogP contribution in [0.1, 0.15) is 54.1 Å². The average molecular weight is 391 g/mol. The first-order valence-electron chi connectivity index (χ1n) is 9.62. The standard InChI is InChI=1S/C23H21NO5/c1-23(2)9-16-21(17(25)10-23)20(12-3-5-13(6-4-12)22(26)27)14-7-18-19(29-11-28-18)8-15(14)24-16/h3-8,20,24H,9-11H2,1-2H3,(H,26,27). The van der Waals surface area contributed by atoms with Crippen molar-refractivity contribution in [1.82, 2.24) is 0 Å². The maximum absolute atomic E-state index is 13.2. The van der Waals surface area contributed by atoms with Crippen LogP contribution >= 0.6 is 0 Å². The minimum absolute atomic E-state index is 0.117. The predicted octanol–water partition coefficient (Wildman–Crippen LogP) is 4.31. The molecule has 0 spiro atoms. The van der Waals surface area contributed by atoms with E-state index in [1.807, 2.05) is 12.1 Å². The normalized spacial score (nSPS) is 21.3. The van der Waals surface area contributed by atoms with Gasteiger partial charge in [0.25, 0.3) is 0 Å². The Balaban J connectivity index is 1.70. The fraction of sp³-hybridized carbons (Fsp3) is 0.304. The zero-order valence-electron chi connectivity index (χ0n) is 16.2. The second kappa shape index (κ2) is 6.11. The largest absolute Gasteiger partial charge is 0.478 e.